The van der Waals surface area contributed by atoms with Crippen molar-refractivity contribution in [2.75, 3.05) is 0 Å². The molecule has 3 aromatic carbocycles. The lowest BCUT2D eigenvalue weighted by Crippen LogP contribution is -2.16. The van der Waals surface area contributed by atoms with E-state index in [-0.39, 0.29) is 5.75 Å². The largest absolute Gasteiger partial charge is 0.422 e. The van der Waals surface area contributed by atoms with Crippen molar-refractivity contribution in [3.05, 3.63) is 110 Å². The minimum absolute atomic E-state index is 0.233. The van der Waals surface area contributed by atoms with Crippen LogP contribution in [0, 0.1) is 0 Å². The van der Waals surface area contributed by atoms with Gasteiger partial charge < -0.3 is 9.15 Å². The lowest BCUT2D eigenvalue weighted by atomic mass is 10.0. The number of halogens is 1. The van der Waals surface area contributed by atoms with Crippen LogP contribution in [0.3, 0.4) is 0 Å². The van der Waals surface area contributed by atoms with Gasteiger partial charge in [-0.15, -0.1) is 0 Å². The third kappa shape index (κ3) is 3.62. The van der Waals surface area contributed by atoms with E-state index >= 15 is 0 Å². The fraction of sp³-hybridized carbons (Fsp3) is 0.0435. The van der Waals surface area contributed by atoms with Crippen molar-refractivity contribution in [3.63, 3.8) is 0 Å². The number of rotatable bonds is 4. The molecule has 0 saturated carbocycles. The summed E-state index contributed by atoms with van der Waals surface area (Å²) in [6.45, 7) is 0. The van der Waals surface area contributed by atoms with E-state index in [1.54, 1.807) is 36.4 Å². The van der Waals surface area contributed by atoms with Gasteiger partial charge in [0.25, 0.3) is 0 Å². The summed E-state index contributed by atoms with van der Waals surface area (Å²) >= 11 is 3.37. The van der Waals surface area contributed by atoms with E-state index in [0.29, 0.717) is 33.0 Å². The normalized spacial score (nSPS) is 10.8. The quantitative estimate of drug-likeness (QED) is 0.320. The van der Waals surface area contributed by atoms with Crippen molar-refractivity contribution in [1.82, 2.24) is 0 Å². The van der Waals surface area contributed by atoms with Crippen LogP contribution < -0.4 is 10.4 Å². The fourth-order valence-electron chi connectivity index (χ4n) is 3.00. The van der Waals surface area contributed by atoms with Crippen LogP contribution in [0.1, 0.15) is 21.5 Å². The molecule has 0 atom stereocenters. The van der Waals surface area contributed by atoms with Crippen molar-refractivity contribution in [1.29, 1.82) is 0 Å². The number of ether oxygens (including phenoxy) is 1. The molecule has 0 amide bonds. The molecule has 0 aliphatic carbocycles. The number of carbonyl (C=O) groups is 1. The van der Waals surface area contributed by atoms with Crippen molar-refractivity contribution in [3.8, 4) is 5.75 Å². The van der Waals surface area contributed by atoms with Crippen molar-refractivity contribution < 1.29 is 13.9 Å². The second-order valence-electron chi connectivity index (χ2n) is 6.23. The highest BCUT2D eigenvalue weighted by Crippen LogP contribution is 2.30. The number of hydrogen-bond acceptors (Lipinski definition) is 4. The van der Waals surface area contributed by atoms with Gasteiger partial charge in [0.2, 0.25) is 0 Å². The van der Waals surface area contributed by atoms with E-state index < -0.39 is 11.6 Å². The SMILES string of the molecule is O=C(Oc1c(Cc2ccccc2)c(=O)oc2ccccc12)c1ccccc1Br. The van der Waals surface area contributed by atoms with Crippen LogP contribution in [0.4, 0.5) is 0 Å². The molecule has 0 N–H and O–H groups in total. The topological polar surface area (TPSA) is 56.5 Å². The molecule has 1 heterocycles. The third-order valence-electron chi connectivity index (χ3n) is 4.37. The summed E-state index contributed by atoms with van der Waals surface area (Å²) in [7, 11) is 0. The smallest absolute Gasteiger partial charge is 0.344 e. The lowest BCUT2D eigenvalue weighted by molar-refractivity contribution is 0.0734. The summed E-state index contributed by atoms with van der Waals surface area (Å²) in [5.41, 5.74) is 1.47. The molecular formula is C23H15BrO4. The Labute approximate surface area is 169 Å². The first kappa shape index (κ1) is 18.2. The van der Waals surface area contributed by atoms with Gasteiger partial charge in [-0.1, -0.05) is 54.6 Å². The zero-order chi connectivity index (χ0) is 19.5. The Balaban J connectivity index is 1.85. The van der Waals surface area contributed by atoms with Crippen LogP contribution in [0.15, 0.2) is 92.5 Å². The third-order valence-corrected chi connectivity index (χ3v) is 5.06. The number of carbonyl (C=O) groups excluding carboxylic acids is 1. The summed E-state index contributed by atoms with van der Waals surface area (Å²) in [5.74, 6) is -0.311. The highest BCUT2D eigenvalue weighted by molar-refractivity contribution is 9.10. The van der Waals surface area contributed by atoms with Gasteiger partial charge in [0.15, 0.2) is 5.75 Å². The summed E-state index contributed by atoms with van der Waals surface area (Å²) in [6.07, 6.45) is 0.298. The van der Waals surface area contributed by atoms with Gasteiger partial charge in [0.05, 0.1) is 16.5 Å². The second kappa shape index (κ2) is 7.82. The first-order valence-corrected chi connectivity index (χ1v) is 9.48. The van der Waals surface area contributed by atoms with Crippen molar-refractivity contribution in [2.24, 2.45) is 0 Å². The minimum atomic E-state index is -0.544. The molecule has 0 spiro atoms. The molecule has 4 nitrogen and oxygen atoms in total. The molecule has 0 unspecified atom stereocenters. The van der Waals surface area contributed by atoms with E-state index in [1.807, 2.05) is 42.5 Å². The van der Waals surface area contributed by atoms with Crippen LogP contribution in [0.25, 0.3) is 11.0 Å². The monoisotopic (exact) mass is 434 g/mol. The second-order valence-corrected chi connectivity index (χ2v) is 7.08. The van der Waals surface area contributed by atoms with E-state index in [1.165, 1.54) is 0 Å². The van der Waals surface area contributed by atoms with E-state index in [4.69, 9.17) is 9.15 Å². The standard InChI is InChI=1S/C23H15BrO4/c24-19-12-6-4-10-16(19)22(25)28-21-17-11-5-7-13-20(17)27-23(26)18(21)14-15-8-2-1-3-9-15/h1-13H,14H2. The number of benzene rings is 3. The van der Waals surface area contributed by atoms with Gasteiger partial charge in [0.1, 0.15) is 5.58 Å². The van der Waals surface area contributed by atoms with E-state index in [9.17, 15) is 9.59 Å². The maximum Gasteiger partial charge on any atom is 0.344 e. The van der Waals surface area contributed by atoms with Crippen molar-refractivity contribution >= 4 is 32.9 Å². The summed E-state index contributed by atoms with van der Waals surface area (Å²) in [6, 6.07) is 23.5. The lowest BCUT2D eigenvalue weighted by Gasteiger charge is -2.12. The Kier molecular flexibility index (Phi) is 5.08. The van der Waals surface area contributed by atoms with Gasteiger partial charge in [-0.05, 0) is 45.8 Å². The first-order valence-electron chi connectivity index (χ1n) is 8.69. The first-order chi connectivity index (χ1) is 13.6. The molecule has 0 aliphatic rings. The summed E-state index contributed by atoms with van der Waals surface area (Å²) in [4.78, 5) is 25.5. The maximum absolute atomic E-state index is 12.8. The molecule has 138 valence electrons. The maximum atomic E-state index is 12.8. The molecule has 4 aromatic rings. The molecule has 0 fully saturated rings. The Hall–Kier alpha value is -3.18. The Morgan fingerprint density at radius 2 is 1.57 bits per heavy atom. The summed E-state index contributed by atoms with van der Waals surface area (Å²) in [5, 5.41) is 0.577. The van der Waals surface area contributed by atoms with Crippen LogP contribution >= 0.6 is 15.9 Å². The van der Waals surface area contributed by atoms with Gasteiger partial charge in [0, 0.05) is 10.9 Å². The van der Waals surface area contributed by atoms with Gasteiger partial charge in [-0.2, -0.15) is 0 Å². The number of hydrogen-bond donors (Lipinski definition) is 0. The number of para-hydroxylation sites is 1. The predicted molar refractivity (Wildman–Crippen MR) is 111 cm³/mol. The average molecular weight is 435 g/mol. The molecule has 1 aromatic heterocycles. The van der Waals surface area contributed by atoms with Crippen molar-refractivity contribution in [2.45, 2.75) is 6.42 Å². The highest BCUT2D eigenvalue weighted by Gasteiger charge is 2.21. The van der Waals surface area contributed by atoms with Crippen LogP contribution in [0.5, 0.6) is 5.75 Å². The zero-order valence-electron chi connectivity index (χ0n) is 14.7. The van der Waals surface area contributed by atoms with E-state index in [2.05, 4.69) is 15.9 Å². The molecule has 0 aliphatic heterocycles. The molecular weight excluding hydrogens is 420 g/mol. The van der Waals surface area contributed by atoms with Crippen LogP contribution in [0.2, 0.25) is 0 Å². The van der Waals surface area contributed by atoms with Crippen LogP contribution in [-0.4, -0.2) is 5.97 Å². The van der Waals surface area contributed by atoms with Gasteiger partial charge in [-0.3, -0.25) is 0 Å². The molecule has 5 heteroatoms. The molecule has 0 bridgehead atoms. The predicted octanol–water partition coefficient (Wildman–Crippen LogP) is 5.37. The fourth-order valence-corrected chi connectivity index (χ4v) is 3.45. The number of esters is 1. The zero-order valence-corrected chi connectivity index (χ0v) is 16.3. The van der Waals surface area contributed by atoms with Crippen LogP contribution in [-0.2, 0) is 6.42 Å². The Morgan fingerprint density at radius 3 is 2.36 bits per heavy atom. The average Bonchev–Trinajstić information content (AvgIpc) is 2.71. The van der Waals surface area contributed by atoms with E-state index in [0.717, 1.165) is 5.56 Å². The molecule has 28 heavy (non-hydrogen) atoms. The Morgan fingerprint density at radius 1 is 0.893 bits per heavy atom. The molecule has 4 rings (SSSR count). The number of fused-ring (bicyclic) bond motifs is 1. The Bertz CT molecular complexity index is 1210. The summed E-state index contributed by atoms with van der Waals surface area (Å²) < 4.78 is 11.8. The van der Waals surface area contributed by atoms with Gasteiger partial charge in [-0.25, -0.2) is 9.59 Å². The highest BCUT2D eigenvalue weighted by atomic mass is 79.9. The minimum Gasteiger partial charge on any atom is -0.422 e. The molecule has 0 saturated heterocycles. The molecule has 0 radical (unpaired) electrons. The van der Waals surface area contributed by atoms with Gasteiger partial charge >= 0.3 is 11.6 Å².